The summed E-state index contributed by atoms with van der Waals surface area (Å²) in [5.74, 6) is -5.12. The zero-order chi connectivity index (χ0) is 30.7. The zero-order valence-electron chi connectivity index (χ0n) is 24.4. The highest BCUT2D eigenvalue weighted by atomic mass is 16.4. The average Bonchev–Trinajstić information content (AvgIpc) is 3.42. The van der Waals surface area contributed by atoms with Crippen molar-refractivity contribution in [1.29, 1.82) is 0 Å². The number of aliphatic hydroxyl groups excluding tert-OH is 1. The van der Waals surface area contributed by atoms with E-state index < -0.39 is 71.8 Å². The molecule has 8 N–H and O–H groups in total. The number of aliphatic hydroxyl groups is 1. The summed E-state index contributed by atoms with van der Waals surface area (Å²) in [4.78, 5) is 75.2. The van der Waals surface area contributed by atoms with Crippen LogP contribution in [0.3, 0.4) is 0 Å². The van der Waals surface area contributed by atoms with Gasteiger partial charge >= 0.3 is 5.97 Å². The fraction of sp³-hybridized carbons (Fsp3) is 0.769. The second-order valence-electron chi connectivity index (χ2n) is 10.8. The van der Waals surface area contributed by atoms with Gasteiger partial charge in [-0.1, -0.05) is 34.1 Å². The van der Waals surface area contributed by atoms with E-state index >= 15 is 0 Å². The Bertz CT molecular complexity index is 921. The number of carboxylic acid groups (broad SMARTS) is 1. The first-order valence-corrected chi connectivity index (χ1v) is 13.8. The normalized spacial score (nSPS) is 20.2. The van der Waals surface area contributed by atoms with Crippen LogP contribution in [0.5, 0.6) is 0 Å². The van der Waals surface area contributed by atoms with E-state index in [0.717, 1.165) is 13.0 Å². The Labute approximate surface area is 235 Å². The molecule has 0 radical (unpaired) electrons. The van der Waals surface area contributed by atoms with Crippen LogP contribution in [0.25, 0.3) is 0 Å². The summed E-state index contributed by atoms with van der Waals surface area (Å²) in [6.45, 7) is 11.7. The van der Waals surface area contributed by atoms with Gasteiger partial charge < -0.3 is 42.1 Å². The van der Waals surface area contributed by atoms with Crippen LogP contribution in [0, 0.1) is 11.8 Å². The lowest BCUT2D eigenvalue weighted by molar-refractivity contribution is -0.142. The van der Waals surface area contributed by atoms with E-state index in [9.17, 15) is 33.9 Å². The Balaban J connectivity index is 2.91. The van der Waals surface area contributed by atoms with E-state index in [1.54, 1.807) is 27.7 Å². The summed E-state index contributed by atoms with van der Waals surface area (Å²) in [7, 11) is 0. The molecular weight excluding hydrogens is 524 g/mol. The molecule has 14 nitrogen and oxygen atoms in total. The van der Waals surface area contributed by atoms with Crippen molar-refractivity contribution in [2.24, 2.45) is 11.8 Å². The van der Waals surface area contributed by atoms with E-state index in [1.165, 1.54) is 20.8 Å². The smallest absolute Gasteiger partial charge is 0.325 e. The van der Waals surface area contributed by atoms with Crippen LogP contribution in [0.2, 0.25) is 0 Å². The van der Waals surface area contributed by atoms with Gasteiger partial charge in [0.1, 0.15) is 30.2 Å². The minimum Gasteiger partial charge on any atom is -0.480 e. The number of hydrogen-bond acceptors (Lipinski definition) is 8. The molecule has 14 heteroatoms. The molecule has 40 heavy (non-hydrogen) atoms. The van der Waals surface area contributed by atoms with Gasteiger partial charge in [-0.25, -0.2) is 0 Å². The maximum absolute atomic E-state index is 13.1. The topological polar surface area (TPSA) is 215 Å². The van der Waals surface area contributed by atoms with Gasteiger partial charge in [0, 0.05) is 0 Å². The van der Waals surface area contributed by atoms with Crippen molar-refractivity contribution in [3.05, 3.63) is 0 Å². The molecule has 0 aromatic heterocycles. The van der Waals surface area contributed by atoms with Crippen molar-refractivity contribution < 1.29 is 39.0 Å². The monoisotopic (exact) mass is 570 g/mol. The van der Waals surface area contributed by atoms with Crippen LogP contribution in [0.15, 0.2) is 0 Å². The maximum atomic E-state index is 13.1. The van der Waals surface area contributed by atoms with Gasteiger partial charge in [-0.2, -0.15) is 0 Å². The standard InChI is InChI=1S/C26H46N6O8/c1-8-13(4)19(24(37)32-20(16(7)33)25(38)29-15(6)26(39)40)31-21(34)14(5)28-23(36)18(12(2)3)30-22(35)17-10-9-11-27-17/h12-20,27,33H,8-11H2,1-7H3,(H,28,36)(H,29,38)(H,30,35)(H,31,34)(H,32,37)(H,39,40)/t13-,14-,15-,16+,17-,18-,19-,20-/m0/s1. The molecule has 0 aromatic carbocycles. The fourth-order valence-electron chi connectivity index (χ4n) is 4.06. The number of carbonyl (C=O) groups excluding carboxylic acids is 5. The Kier molecular flexibility index (Phi) is 14.0. The zero-order valence-corrected chi connectivity index (χ0v) is 24.4. The molecule has 1 saturated heterocycles. The molecular formula is C26H46N6O8. The van der Waals surface area contributed by atoms with Gasteiger partial charge in [-0.15, -0.1) is 0 Å². The number of aliphatic carboxylic acids is 1. The molecule has 1 aliphatic rings. The van der Waals surface area contributed by atoms with E-state index in [0.29, 0.717) is 12.8 Å². The summed E-state index contributed by atoms with van der Waals surface area (Å²) in [6.07, 6.45) is 0.644. The van der Waals surface area contributed by atoms with Gasteiger partial charge in [0.2, 0.25) is 29.5 Å². The summed E-state index contributed by atoms with van der Waals surface area (Å²) < 4.78 is 0. The van der Waals surface area contributed by atoms with Gasteiger partial charge in [0.25, 0.3) is 0 Å². The number of hydrogen-bond donors (Lipinski definition) is 8. The maximum Gasteiger partial charge on any atom is 0.325 e. The summed E-state index contributed by atoms with van der Waals surface area (Å²) >= 11 is 0. The van der Waals surface area contributed by atoms with Gasteiger partial charge in [-0.05, 0) is 52.0 Å². The summed E-state index contributed by atoms with van der Waals surface area (Å²) in [5.41, 5.74) is 0. The van der Waals surface area contributed by atoms with Crippen molar-refractivity contribution in [1.82, 2.24) is 31.9 Å². The average molecular weight is 571 g/mol. The third-order valence-corrected chi connectivity index (χ3v) is 6.96. The largest absolute Gasteiger partial charge is 0.480 e. The van der Waals surface area contributed by atoms with Gasteiger partial charge in [-0.3, -0.25) is 28.8 Å². The third kappa shape index (κ3) is 10.4. The van der Waals surface area contributed by atoms with E-state index in [2.05, 4.69) is 31.9 Å². The van der Waals surface area contributed by atoms with Crippen LogP contribution in [-0.2, 0) is 28.8 Å². The first kappa shape index (κ1) is 34.8. The van der Waals surface area contributed by atoms with Crippen LogP contribution in [-0.4, -0.2) is 94.6 Å². The summed E-state index contributed by atoms with van der Waals surface area (Å²) in [6, 6.07) is -6.17. The minimum atomic E-state index is -1.47. The van der Waals surface area contributed by atoms with Gasteiger partial charge in [0.15, 0.2) is 0 Å². The molecule has 0 bridgehead atoms. The Hall–Kier alpha value is -3.26. The Morgan fingerprint density at radius 1 is 0.750 bits per heavy atom. The summed E-state index contributed by atoms with van der Waals surface area (Å²) in [5, 5.41) is 34.7. The fourth-order valence-corrected chi connectivity index (χ4v) is 4.06. The Morgan fingerprint density at radius 2 is 1.27 bits per heavy atom. The molecule has 5 amide bonds. The molecule has 1 rings (SSSR count). The first-order valence-electron chi connectivity index (χ1n) is 13.8. The first-order chi connectivity index (χ1) is 18.6. The van der Waals surface area contributed by atoms with E-state index in [4.69, 9.17) is 5.11 Å². The second-order valence-corrected chi connectivity index (χ2v) is 10.8. The predicted molar refractivity (Wildman–Crippen MR) is 146 cm³/mol. The lowest BCUT2D eigenvalue weighted by atomic mass is 9.97. The molecule has 228 valence electrons. The van der Waals surface area contributed by atoms with Crippen LogP contribution in [0.4, 0.5) is 0 Å². The van der Waals surface area contributed by atoms with Crippen LogP contribution < -0.4 is 31.9 Å². The van der Waals surface area contributed by atoms with Crippen LogP contribution >= 0.6 is 0 Å². The third-order valence-electron chi connectivity index (χ3n) is 6.96. The van der Waals surface area contributed by atoms with Crippen LogP contribution in [0.1, 0.15) is 67.7 Å². The molecule has 0 unspecified atom stereocenters. The van der Waals surface area contributed by atoms with Crippen molar-refractivity contribution in [3.8, 4) is 0 Å². The van der Waals surface area contributed by atoms with Crippen molar-refractivity contribution >= 4 is 35.5 Å². The molecule has 0 aliphatic carbocycles. The van der Waals surface area contributed by atoms with Crippen molar-refractivity contribution in [3.63, 3.8) is 0 Å². The van der Waals surface area contributed by atoms with E-state index in [-0.39, 0.29) is 17.9 Å². The number of amides is 5. The second kappa shape index (κ2) is 16.1. The quantitative estimate of drug-likeness (QED) is 0.113. The Morgan fingerprint density at radius 3 is 1.75 bits per heavy atom. The van der Waals surface area contributed by atoms with E-state index in [1.807, 2.05) is 0 Å². The highest BCUT2D eigenvalue weighted by Crippen LogP contribution is 2.11. The lowest BCUT2D eigenvalue weighted by Crippen LogP contribution is -2.61. The number of rotatable bonds is 15. The number of carboxylic acids is 1. The van der Waals surface area contributed by atoms with Crippen molar-refractivity contribution in [2.75, 3.05) is 6.54 Å². The molecule has 0 spiro atoms. The minimum absolute atomic E-state index is 0.258. The molecule has 0 saturated carbocycles. The molecule has 1 fully saturated rings. The van der Waals surface area contributed by atoms with Gasteiger partial charge in [0.05, 0.1) is 12.1 Å². The molecule has 8 atom stereocenters. The molecule has 0 aromatic rings. The lowest BCUT2D eigenvalue weighted by Gasteiger charge is -2.29. The highest BCUT2D eigenvalue weighted by Gasteiger charge is 2.35. The van der Waals surface area contributed by atoms with Crippen molar-refractivity contribution in [2.45, 2.75) is 110 Å². The number of nitrogens with one attached hydrogen (secondary N) is 6. The SMILES string of the molecule is CC[C@H](C)[C@H](NC(=O)[C@H](C)NC(=O)[C@@H](NC(=O)[C@@H]1CCCN1)C(C)C)C(=O)N[C@H](C(=O)N[C@@H](C)C(=O)O)[C@@H](C)O. The molecule has 1 aliphatic heterocycles. The number of carbonyl (C=O) groups is 6. The predicted octanol–water partition coefficient (Wildman–Crippen LogP) is -1.63. The molecule has 1 heterocycles. The highest BCUT2D eigenvalue weighted by molar-refractivity contribution is 5.96.